The van der Waals surface area contributed by atoms with Gasteiger partial charge in [0, 0.05) is 23.1 Å². The van der Waals surface area contributed by atoms with Crippen LogP contribution in [-0.4, -0.2) is 64.5 Å². The average molecular weight is 567 g/mol. The van der Waals surface area contributed by atoms with Crippen molar-refractivity contribution in [1.29, 1.82) is 0 Å². The smallest absolute Gasteiger partial charge is 0.229 e. The van der Waals surface area contributed by atoms with E-state index < -0.39 is 11.9 Å². The fraction of sp³-hybridized carbons (Fsp3) is 0.419. The number of oxime groups is 1. The van der Waals surface area contributed by atoms with Crippen LogP contribution in [0.5, 0.6) is 5.75 Å². The van der Waals surface area contributed by atoms with Crippen molar-refractivity contribution in [1.82, 2.24) is 15.0 Å². The van der Waals surface area contributed by atoms with E-state index in [1.54, 1.807) is 13.0 Å². The second-order valence-corrected chi connectivity index (χ2v) is 10.2. The number of ether oxygens (including phenoxy) is 1. The number of aliphatic hydroxyl groups excluding tert-OH is 1. The summed E-state index contributed by atoms with van der Waals surface area (Å²) < 4.78 is 25.1. The number of likely N-dealkylation sites (tertiary alicyclic amines) is 1. The third-order valence-electron chi connectivity index (χ3n) is 6.78. The Morgan fingerprint density at radius 1 is 1.29 bits per heavy atom. The zero-order valence-electron chi connectivity index (χ0n) is 24.3. The lowest BCUT2D eigenvalue weighted by atomic mass is 10.1. The highest BCUT2D eigenvalue weighted by molar-refractivity contribution is 5.98. The summed E-state index contributed by atoms with van der Waals surface area (Å²) >= 11 is 0. The first-order valence-electron chi connectivity index (χ1n) is 13.7. The maximum Gasteiger partial charge on any atom is 0.229 e. The zero-order valence-corrected chi connectivity index (χ0v) is 24.3. The van der Waals surface area contributed by atoms with Crippen LogP contribution in [0.25, 0.3) is 11.4 Å². The van der Waals surface area contributed by atoms with Gasteiger partial charge in [-0.05, 0) is 76.2 Å². The van der Waals surface area contributed by atoms with E-state index in [1.807, 2.05) is 45.0 Å². The maximum absolute atomic E-state index is 13.8. The predicted octanol–water partition coefficient (Wildman–Crippen LogP) is 6.00. The number of likely N-dealkylation sites (N-methyl/N-ethyl adjacent to an activating group) is 1. The van der Waals surface area contributed by atoms with Crippen LogP contribution in [0.1, 0.15) is 74.7 Å². The molecule has 10 heteroatoms. The molecule has 2 heterocycles. The van der Waals surface area contributed by atoms with Crippen molar-refractivity contribution in [2.75, 3.05) is 20.2 Å². The van der Waals surface area contributed by atoms with Gasteiger partial charge >= 0.3 is 0 Å². The van der Waals surface area contributed by atoms with Gasteiger partial charge in [-0.15, -0.1) is 0 Å². The van der Waals surface area contributed by atoms with Crippen LogP contribution < -0.4 is 4.74 Å². The van der Waals surface area contributed by atoms with Crippen molar-refractivity contribution in [3.8, 4) is 17.1 Å². The van der Waals surface area contributed by atoms with Gasteiger partial charge in [-0.25, -0.2) is 4.39 Å². The average Bonchev–Trinajstić information content (AvgIpc) is 3.64. The molecule has 0 bridgehead atoms. The number of aliphatic hydroxyl groups is 1. The zero-order chi connectivity index (χ0) is 29.9. The van der Waals surface area contributed by atoms with Crippen LogP contribution in [0.15, 0.2) is 64.5 Å². The molecule has 2 aromatic carbocycles. The molecule has 4 rings (SSSR count). The van der Waals surface area contributed by atoms with E-state index >= 15 is 0 Å². The molecule has 1 N–H and O–H groups in total. The fourth-order valence-corrected chi connectivity index (χ4v) is 4.11. The molecule has 0 saturated carbocycles. The second-order valence-electron chi connectivity index (χ2n) is 10.2. The topological polar surface area (TPSA) is 110 Å². The van der Waals surface area contributed by atoms with E-state index in [9.17, 15) is 9.18 Å². The van der Waals surface area contributed by atoms with E-state index in [-0.39, 0.29) is 11.5 Å². The Bertz CT molecular complexity index is 1320. The summed E-state index contributed by atoms with van der Waals surface area (Å²) in [6, 6.07) is 12.0. The van der Waals surface area contributed by atoms with E-state index in [2.05, 4.69) is 33.8 Å². The van der Waals surface area contributed by atoms with Gasteiger partial charge in [-0.3, -0.25) is 4.79 Å². The standard InChI is InChI=1S/C25H26FN3O4.C6H13NO/c1-6-23(17(5)32-28-16(4)19-7-8-20(14-30)22(26)13-19)31-21-11-9-18(10-12-21)24-27-25(15(2)3)33-29-24;1-7-4-2-3-6(7)5-8/h7-15,23H,5-6H2,1-4H3;6,8H,2-5H2,1H3/b28-16+;. The molecule has 9 nitrogen and oxygen atoms in total. The summed E-state index contributed by atoms with van der Waals surface area (Å²) in [5.74, 6) is 1.58. The summed E-state index contributed by atoms with van der Waals surface area (Å²) in [7, 11) is 2.06. The van der Waals surface area contributed by atoms with Crippen molar-refractivity contribution < 1.29 is 28.4 Å². The minimum Gasteiger partial charge on any atom is -0.482 e. The number of rotatable bonds is 11. The van der Waals surface area contributed by atoms with E-state index in [4.69, 9.17) is 19.2 Å². The van der Waals surface area contributed by atoms with Crippen LogP contribution in [0.4, 0.5) is 4.39 Å². The molecule has 1 saturated heterocycles. The number of halogens is 1. The van der Waals surface area contributed by atoms with E-state index in [0.29, 0.717) is 59.9 Å². The van der Waals surface area contributed by atoms with Crippen molar-refractivity contribution >= 4 is 12.0 Å². The molecule has 0 amide bonds. The summed E-state index contributed by atoms with van der Waals surface area (Å²) in [5, 5.41) is 16.7. The Kier molecular flexibility index (Phi) is 11.7. The van der Waals surface area contributed by atoms with Gasteiger partial charge in [0.15, 0.2) is 18.1 Å². The van der Waals surface area contributed by atoms with Gasteiger partial charge in [-0.1, -0.05) is 43.7 Å². The molecule has 0 radical (unpaired) electrons. The third-order valence-corrected chi connectivity index (χ3v) is 6.78. The minimum absolute atomic E-state index is 0.0120. The normalized spacial score (nSPS) is 16.2. The number of nitrogens with zero attached hydrogens (tertiary/aromatic N) is 4. The van der Waals surface area contributed by atoms with Crippen LogP contribution in [0, 0.1) is 5.82 Å². The number of aromatic nitrogens is 2. The van der Waals surface area contributed by atoms with Crippen LogP contribution in [-0.2, 0) is 4.84 Å². The monoisotopic (exact) mass is 566 g/mol. The highest BCUT2D eigenvalue weighted by atomic mass is 19.1. The molecule has 1 aromatic heterocycles. The number of carbonyl (C=O) groups is 1. The number of hydrogen-bond acceptors (Lipinski definition) is 9. The maximum atomic E-state index is 13.8. The second kappa shape index (κ2) is 15.2. The van der Waals surface area contributed by atoms with E-state index in [0.717, 1.165) is 12.1 Å². The largest absolute Gasteiger partial charge is 0.482 e. The van der Waals surface area contributed by atoms with E-state index in [1.165, 1.54) is 25.0 Å². The summed E-state index contributed by atoms with van der Waals surface area (Å²) in [6.45, 7) is 13.0. The first-order valence-corrected chi connectivity index (χ1v) is 13.7. The number of aldehydes is 1. The van der Waals surface area contributed by atoms with Gasteiger partial charge < -0.3 is 24.1 Å². The Labute approximate surface area is 240 Å². The lowest BCUT2D eigenvalue weighted by Crippen LogP contribution is -2.27. The Balaban J connectivity index is 0.000000496. The quantitative estimate of drug-likeness (QED) is 0.130. The van der Waals surface area contributed by atoms with Crippen molar-refractivity contribution in [3.63, 3.8) is 0 Å². The molecule has 2 unspecified atom stereocenters. The molecular formula is C31H39FN4O5. The summed E-state index contributed by atoms with van der Waals surface area (Å²) in [5.41, 5.74) is 1.74. The third kappa shape index (κ3) is 8.80. The van der Waals surface area contributed by atoms with Crippen molar-refractivity contribution in [3.05, 3.63) is 77.6 Å². The molecule has 1 fully saturated rings. The molecule has 1 aliphatic rings. The van der Waals surface area contributed by atoms with Gasteiger partial charge in [-0.2, -0.15) is 4.98 Å². The highest BCUT2D eigenvalue weighted by Gasteiger charge is 2.19. The molecule has 220 valence electrons. The summed E-state index contributed by atoms with van der Waals surface area (Å²) in [4.78, 5) is 22.8. The van der Waals surface area contributed by atoms with Gasteiger partial charge in [0.2, 0.25) is 11.7 Å². The molecular weight excluding hydrogens is 527 g/mol. The van der Waals surface area contributed by atoms with Crippen LogP contribution in [0.3, 0.4) is 0 Å². The van der Waals surface area contributed by atoms with Crippen molar-refractivity contribution in [2.24, 2.45) is 5.16 Å². The lowest BCUT2D eigenvalue weighted by Gasteiger charge is -2.18. The predicted molar refractivity (Wildman–Crippen MR) is 155 cm³/mol. The molecule has 0 spiro atoms. The first kappa shape index (κ1) is 31.6. The number of hydrogen-bond donors (Lipinski definition) is 1. The van der Waals surface area contributed by atoms with Gasteiger partial charge in [0.25, 0.3) is 0 Å². The highest BCUT2D eigenvalue weighted by Crippen LogP contribution is 2.24. The Morgan fingerprint density at radius 2 is 2.02 bits per heavy atom. The number of benzene rings is 2. The Hall–Kier alpha value is -3.89. The van der Waals surface area contributed by atoms with Gasteiger partial charge in [0.05, 0.1) is 17.9 Å². The molecule has 1 aliphatic heterocycles. The fourth-order valence-electron chi connectivity index (χ4n) is 4.11. The molecule has 2 atom stereocenters. The lowest BCUT2D eigenvalue weighted by molar-refractivity contribution is 0.111. The molecule has 0 aliphatic carbocycles. The minimum atomic E-state index is -0.615. The van der Waals surface area contributed by atoms with Crippen LogP contribution in [0.2, 0.25) is 0 Å². The molecule has 3 aromatic rings. The Morgan fingerprint density at radius 3 is 2.54 bits per heavy atom. The van der Waals surface area contributed by atoms with Gasteiger partial charge in [0.1, 0.15) is 11.6 Å². The first-order chi connectivity index (χ1) is 19.7. The summed E-state index contributed by atoms with van der Waals surface area (Å²) in [6.07, 6.45) is 3.04. The van der Waals surface area contributed by atoms with Crippen LogP contribution >= 0.6 is 0 Å². The SMILES string of the molecule is C=C(O/N=C(\C)c1ccc(C=O)c(F)c1)C(CC)Oc1ccc(-c2noc(C(C)C)n2)cc1.CN1CCCC1CO. The number of carbonyl (C=O) groups excluding carboxylic acids is 1. The molecule has 41 heavy (non-hydrogen) atoms. The van der Waals surface area contributed by atoms with Crippen molar-refractivity contribution in [2.45, 2.75) is 65.0 Å².